The molecule has 0 unspecified atom stereocenters. The molecule has 1 aromatic heterocycles. The first-order valence-electron chi connectivity index (χ1n) is 5.47. The van der Waals surface area contributed by atoms with Gasteiger partial charge in [0, 0.05) is 19.1 Å². The second kappa shape index (κ2) is 6.85. The van der Waals surface area contributed by atoms with Crippen LogP contribution in [0.25, 0.3) is 0 Å². The molecule has 7 nitrogen and oxygen atoms in total. The minimum absolute atomic E-state index is 0.233. The molecule has 0 atom stereocenters. The highest BCUT2D eigenvalue weighted by molar-refractivity contribution is 5.27. The predicted molar refractivity (Wildman–Crippen MR) is 64.6 cm³/mol. The van der Waals surface area contributed by atoms with Crippen molar-refractivity contribution in [3.8, 4) is 12.0 Å². The Labute approximate surface area is 101 Å². The minimum atomic E-state index is 0.233. The number of hydrogen-bond donors (Lipinski definition) is 2. The van der Waals surface area contributed by atoms with Crippen LogP contribution in [0.2, 0.25) is 0 Å². The van der Waals surface area contributed by atoms with E-state index in [4.69, 9.17) is 9.47 Å². The second-order valence-corrected chi connectivity index (χ2v) is 3.67. The van der Waals surface area contributed by atoms with Crippen LogP contribution >= 0.6 is 0 Å². The van der Waals surface area contributed by atoms with Crippen LogP contribution in [0.15, 0.2) is 0 Å². The van der Waals surface area contributed by atoms with Crippen molar-refractivity contribution in [3.63, 3.8) is 0 Å². The summed E-state index contributed by atoms with van der Waals surface area (Å²) in [5, 5.41) is 6.34. The van der Waals surface area contributed by atoms with Gasteiger partial charge in [0.25, 0.3) is 0 Å². The van der Waals surface area contributed by atoms with Gasteiger partial charge in [-0.1, -0.05) is 13.8 Å². The Bertz CT molecular complexity index is 323. The van der Waals surface area contributed by atoms with Crippen molar-refractivity contribution in [1.29, 1.82) is 0 Å². The summed E-state index contributed by atoms with van der Waals surface area (Å²) in [6.07, 6.45) is 0. The van der Waals surface area contributed by atoms with Crippen molar-refractivity contribution in [3.05, 3.63) is 0 Å². The molecule has 0 bridgehead atoms. The normalized spacial score (nSPS) is 10.4. The number of anilines is 1. The minimum Gasteiger partial charge on any atom is -0.467 e. The summed E-state index contributed by atoms with van der Waals surface area (Å²) in [6.45, 7) is 5.73. The summed E-state index contributed by atoms with van der Waals surface area (Å²) in [7, 11) is 3.00. The molecule has 1 heterocycles. The zero-order valence-electron chi connectivity index (χ0n) is 10.6. The van der Waals surface area contributed by atoms with Gasteiger partial charge in [0.1, 0.15) is 0 Å². The maximum Gasteiger partial charge on any atom is 0.324 e. The van der Waals surface area contributed by atoms with Crippen molar-refractivity contribution in [1.82, 2.24) is 20.3 Å². The average molecular weight is 241 g/mol. The Morgan fingerprint density at radius 2 is 1.59 bits per heavy atom. The van der Waals surface area contributed by atoms with E-state index in [0.29, 0.717) is 18.5 Å². The van der Waals surface area contributed by atoms with E-state index in [1.54, 1.807) is 0 Å². The third-order valence-electron chi connectivity index (χ3n) is 1.92. The van der Waals surface area contributed by atoms with Gasteiger partial charge < -0.3 is 20.1 Å². The molecule has 0 saturated carbocycles. The third-order valence-corrected chi connectivity index (χ3v) is 1.92. The van der Waals surface area contributed by atoms with E-state index in [2.05, 4.69) is 39.4 Å². The van der Waals surface area contributed by atoms with Gasteiger partial charge in [-0.3, -0.25) is 0 Å². The summed E-state index contributed by atoms with van der Waals surface area (Å²) in [4.78, 5) is 12.0. The zero-order chi connectivity index (χ0) is 12.7. The standard InChI is InChI=1S/C10H19N5O2/c1-7(2)11-5-6-12-8-13-9(16-3)15-10(14-8)17-4/h7,11H,5-6H2,1-4H3,(H,12,13,14,15). The maximum absolute atomic E-state index is 4.94. The molecule has 0 amide bonds. The zero-order valence-corrected chi connectivity index (χ0v) is 10.6. The topological polar surface area (TPSA) is 81.2 Å². The highest BCUT2D eigenvalue weighted by Crippen LogP contribution is 2.11. The third kappa shape index (κ3) is 4.81. The monoisotopic (exact) mass is 241 g/mol. The number of ether oxygens (including phenoxy) is 2. The predicted octanol–water partition coefficient (Wildman–Crippen LogP) is 0.299. The van der Waals surface area contributed by atoms with E-state index < -0.39 is 0 Å². The van der Waals surface area contributed by atoms with Crippen LogP contribution in [-0.4, -0.2) is 48.3 Å². The highest BCUT2D eigenvalue weighted by Gasteiger charge is 2.06. The van der Waals surface area contributed by atoms with Crippen LogP contribution < -0.4 is 20.1 Å². The molecule has 0 saturated heterocycles. The van der Waals surface area contributed by atoms with Crippen molar-refractivity contribution in [2.24, 2.45) is 0 Å². The van der Waals surface area contributed by atoms with Gasteiger partial charge in [-0.2, -0.15) is 9.97 Å². The van der Waals surface area contributed by atoms with Crippen LogP contribution in [0.4, 0.5) is 5.95 Å². The van der Waals surface area contributed by atoms with Gasteiger partial charge in [0.15, 0.2) is 0 Å². The molecule has 96 valence electrons. The smallest absolute Gasteiger partial charge is 0.324 e. The van der Waals surface area contributed by atoms with E-state index in [1.807, 2.05) is 0 Å². The highest BCUT2D eigenvalue weighted by atomic mass is 16.5. The van der Waals surface area contributed by atoms with Crippen molar-refractivity contribution in [2.45, 2.75) is 19.9 Å². The molecule has 0 fully saturated rings. The lowest BCUT2D eigenvalue weighted by Gasteiger charge is -2.09. The molecule has 7 heteroatoms. The van der Waals surface area contributed by atoms with Gasteiger partial charge in [-0.05, 0) is 0 Å². The number of hydrogen-bond acceptors (Lipinski definition) is 7. The van der Waals surface area contributed by atoms with Gasteiger partial charge in [-0.15, -0.1) is 4.98 Å². The number of nitrogens with one attached hydrogen (secondary N) is 2. The first kappa shape index (κ1) is 13.4. The first-order valence-corrected chi connectivity index (χ1v) is 5.47. The molecule has 0 aliphatic carbocycles. The Hall–Kier alpha value is -1.63. The number of methoxy groups -OCH3 is 2. The molecule has 0 spiro atoms. The van der Waals surface area contributed by atoms with E-state index in [0.717, 1.165) is 6.54 Å². The molecule has 1 aromatic rings. The Morgan fingerprint density at radius 3 is 2.06 bits per heavy atom. The van der Waals surface area contributed by atoms with Gasteiger partial charge in [0.2, 0.25) is 5.95 Å². The fourth-order valence-corrected chi connectivity index (χ4v) is 1.13. The Morgan fingerprint density at radius 1 is 1.00 bits per heavy atom. The quantitative estimate of drug-likeness (QED) is 0.664. The summed E-state index contributed by atoms with van der Waals surface area (Å²) >= 11 is 0. The first-order chi connectivity index (χ1) is 8.15. The van der Waals surface area contributed by atoms with E-state index in [9.17, 15) is 0 Å². The van der Waals surface area contributed by atoms with Crippen LogP contribution in [-0.2, 0) is 0 Å². The maximum atomic E-state index is 4.94. The molecular weight excluding hydrogens is 222 g/mol. The molecule has 2 N–H and O–H groups in total. The molecule has 1 rings (SSSR count). The van der Waals surface area contributed by atoms with Crippen molar-refractivity contribution in [2.75, 3.05) is 32.6 Å². The summed E-state index contributed by atoms with van der Waals surface area (Å²) in [5.74, 6) is 0.444. The van der Waals surface area contributed by atoms with E-state index in [1.165, 1.54) is 14.2 Å². The SMILES string of the molecule is COc1nc(NCCNC(C)C)nc(OC)n1. The number of rotatable bonds is 7. The van der Waals surface area contributed by atoms with E-state index in [-0.39, 0.29) is 12.0 Å². The van der Waals surface area contributed by atoms with E-state index >= 15 is 0 Å². The Kier molecular flexibility index (Phi) is 5.41. The van der Waals surface area contributed by atoms with Crippen molar-refractivity contribution >= 4 is 5.95 Å². The molecule has 0 aromatic carbocycles. The summed E-state index contributed by atoms with van der Waals surface area (Å²) in [6, 6.07) is 0.923. The lowest BCUT2D eigenvalue weighted by atomic mass is 10.4. The van der Waals surface area contributed by atoms with Gasteiger partial charge in [0.05, 0.1) is 14.2 Å². The average Bonchev–Trinajstić information content (AvgIpc) is 2.34. The van der Waals surface area contributed by atoms with Crippen LogP contribution in [0.5, 0.6) is 12.0 Å². The van der Waals surface area contributed by atoms with Gasteiger partial charge >= 0.3 is 12.0 Å². The largest absolute Gasteiger partial charge is 0.467 e. The van der Waals surface area contributed by atoms with Crippen LogP contribution in [0.3, 0.4) is 0 Å². The summed E-state index contributed by atoms with van der Waals surface area (Å²) < 4.78 is 9.89. The molecule has 0 aliphatic rings. The molecule has 0 aliphatic heterocycles. The lowest BCUT2D eigenvalue weighted by molar-refractivity contribution is 0.341. The van der Waals surface area contributed by atoms with Gasteiger partial charge in [-0.25, -0.2) is 0 Å². The van der Waals surface area contributed by atoms with Crippen molar-refractivity contribution < 1.29 is 9.47 Å². The Balaban J connectivity index is 2.51. The number of nitrogens with zero attached hydrogens (tertiary/aromatic N) is 3. The van der Waals surface area contributed by atoms with Crippen LogP contribution in [0.1, 0.15) is 13.8 Å². The summed E-state index contributed by atoms with van der Waals surface area (Å²) in [5.41, 5.74) is 0. The number of aromatic nitrogens is 3. The van der Waals surface area contributed by atoms with Crippen LogP contribution in [0, 0.1) is 0 Å². The fraction of sp³-hybridized carbons (Fsp3) is 0.700. The molecular formula is C10H19N5O2. The fourth-order valence-electron chi connectivity index (χ4n) is 1.13. The second-order valence-electron chi connectivity index (χ2n) is 3.67. The molecule has 17 heavy (non-hydrogen) atoms. The molecule has 0 radical (unpaired) electrons. The lowest BCUT2D eigenvalue weighted by Crippen LogP contribution is -2.28.